The molecule has 7 heteroatoms. The Labute approximate surface area is 118 Å². The van der Waals surface area contributed by atoms with Crippen molar-refractivity contribution in [3.05, 3.63) is 24.3 Å². The van der Waals surface area contributed by atoms with Gasteiger partial charge in [0.1, 0.15) is 5.75 Å². The molecule has 1 aromatic carbocycles. The van der Waals surface area contributed by atoms with E-state index in [9.17, 15) is 13.2 Å². The molecule has 0 aliphatic carbocycles. The van der Waals surface area contributed by atoms with E-state index in [0.29, 0.717) is 11.4 Å². The molecule has 1 fully saturated rings. The van der Waals surface area contributed by atoms with Crippen LogP contribution in [0.3, 0.4) is 0 Å². The van der Waals surface area contributed by atoms with Gasteiger partial charge in [0.2, 0.25) is 0 Å². The first-order valence-electron chi connectivity index (χ1n) is 6.12. The standard InChI is InChI=1S/C13H17NO5S/c1-18-11-5-3-10(4-6-11)14-13(12(15)19-2)7-8-20(16,17)9-13/h3-6,14H,7-9H2,1-2H3. The van der Waals surface area contributed by atoms with E-state index >= 15 is 0 Å². The van der Waals surface area contributed by atoms with Gasteiger partial charge in [-0.05, 0) is 30.7 Å². The molecule has 1 aromatic rings. The average molecular weight is 299 g/mol. The van der Waals surface area contributed by atoms with Crippen molar-refractivity contribution in [1.82, 2.24) is 0 Å². The highest BCUT2D eigenvalue weighted by molar-refractivity contribution is 7.91. The summed E-state index contributed by atoms with van der Waals surface area (Å²) in [5.41, 5.74) is -0.560. The molecule has 0 amide bonds. The fraction of sp³-hybridized carbons (Fsp3) is 0.462. The first-order chi connectivity index (χ1) is 9.41. The molecule has 2 rings (SSSR count). The van der Waals surface area contributed by atoms with E-state index in [2.05, 4.69) is 5.32 Å². The van der Waals surface area contributed by atoms with E-state index in [4.69, 9.17) is 9.47 Å². The van der Waals surface area contributed by atoms with Crippen molar-refractivity contribution < 1.29 is 22.7 Å². The van der Waals surface area contributed by atoms with E-state index in [1.165, 1.54) is 7.11 Å². The Balaban J connectivity index is 2.27. The first kappa shape index (κ1) is 14.6. The zero-order chi connectivity index (χ0) is 14.8. The van der Waals surface area contributed by atoms with Crippen LogP contribution in [-0.2, 0) is 19.4 Å². The molecular weight excluding hydrogens is 282 g/mol. The maximum Gasteiger partial charge on any atom is 0.332 e. The molecular formula is C13H17NO5S. The van der Waals surface area contributed by atoms with Gasteiger partial charge in [0.15, 0.2) is 15.4 Å². The monoisotopic (exact) mass is 299 g/mol. The van der Waals surface area contributed by atoms with Gasteiger partial charge < -0.3 is 14.8 Å². The highest BCUT2D eigenvalue weighted by Gasteiger charge is 2.49. The molecule has 1 aliphatic heterocycles. The lowest BCUT2D eigenvalue weighted by Crippen LogP contribution is -2.48. The molecule has 1 heterocycles. The van der Waals surface area contributed by atoms with Crippen LogP contribution in [0.4, 0.5) is 5.69 Å². The van der Waals surface area contributed by atoms with Gasteiger partial charge in [-0.25, -0.2) is 13.2 Å². The Bertz CT molecular complexity index is 596. The Kier molecular flexibility index (Phi) is 3.89. The minimum absolute atomic E-state index is 0.0226. The number of nitrogens with one attached hydrogen (secondary N) is 1. The van der Waals surface area contributed by atoms with E-state index < -0.39 is 21.3 Å². The molecule has 1 atom stereocenters. The van der Waals surface area contributed by atoms with Gasteiger partial charge in [-0.3, -0.25) is 0 Å². The maximum absolute atomic E-state index is 12.0. The number of methoxy groups -OCH3 is 2. The summed E-state index contributed by atoms with van der Waals surface area (Å²) < 4.78 is 33.2. The van der Waals surface area contributed by atoms with Crippen LogP contribution in [0, 0.1) is 0 Å². The molecule has 0 radical (unpaired) electrons. The molecule has 1 saturated heterocycles. The summed E-state index contributed by atoms with van der Waals surface area (Å²) >= 11 is 0. The zero-order valence-corrected chi connectivity index (χ0v) is 12.2. The summed E-state index contributed by atoms with van der Waals surface area (Å²) in [6, 6.07) is 6.93. The molecule has 1 N–H and O–H groups in total. The molecule has 110 valence electrons. The minimum Gasteiger partial charge on any atom is -0.497 e. The van der Waals surface area contributed by atoms with Gasteiger partial charge in [-0.1, -0.05) is 0 Å². The van der Waals surface area contributed by atoms with Gasteiger partial charge in [-0.15, -0.1) is 0 Å². The highest BCUT2D eigenvalue weighted by atomic mass is 32.2. The molecule has 0 bridgehead atoms. The smallest absolute Gasteiger partial charge is 0.332 e. The molecule has 1 aliphatic rings. The first-order valence-corrected chi connectivity index (χ1v) is 7.94. The van der Waals surface area contributed by atoms with Crippen molar-refractivity contribution in [2.75, 3.05) is 31.0 Å². The van der Waals surface area contributed by atoms with Crippen molar-refractivity contribution in [3.63, 3.8) is 0 Å². The second kappa shape index (κ2) is 5.32. The third kappa shape index (κ3) is 2.87. The van der Waals surface area contributed by atoms with Crippen molar-refractivity contribution >= 4 is 21.5 Å². The molecule has 0 spiro atoms. The predicted molar refractivity (Wildman–Crippen MR) is 74.6 cm³/mol. The summed E-state index contributed by atoms with van der Waals surface area (Å²) in [6.45, 7) is 0. The van der Waals surface area contributed by atoms with Crippen molar-refractivity contribution in [2.45, 2.75) is 12.0 Å². The third-order valence-electron chi connectivity index (χ3n) is 3.36. The van der Waals surface area contributed by atoms with Crippen LogP contribution in [0.5, 0.6) is 5.75 Å². The molecule has 20 heavy (non-hydrogen) atoms. The summed E-state index contributed by atoms with van der Waals surface area (Å²) in [5.74, 6) is -0.152. The normalized spacial score (nSPS) is 24.1. The fourth-order valence-corrected chi connectivity index (χ4v) is 4.20. The number of carbonyl (C=O) groups is 1. The van der Waals surface area contributed by atoms with Gasteiger partial charge >= 0.3 is 5.97 Å². The highest BCUT2D eigenvalue weighted by Crippen LogP contribution is 2.30. The number of hydrogen-bond donors (Lipinski definition) is 1. The van der Waals surface area contributed by atoms with Crippen molar-refractivity contribution in [3.8, 4) is 5.75 Å². The lowest BCUT2D eigenvalue weighted by Gasteiger charge is -2.27. The number of carbonyl (C=O) groups excluding carboxylic acids is 1. The number of hydrogen-bond acceptors (Lipinski definition) is 6. The Hall–Kier alpha value is -1.76. The van der Waals surface area contributed by atoms with Crippen molar-refractivity contribution in [1.29, 1.82) is 0 Å². The third-order valence-corrected chi connectivity index (χ3v) is 5.11. The molecule has 6 nitrogen and oxygen atoms in total. The van der Waals surface area contributed by atoms with Crippen LogP contribution in [0.15, 0.2) is 24.3 Å². The number of benzene rings is 1. The largest absolute Gasteiger partial charge is 0.497 e. The number of sulfone groups is 1. The second-order valence-electron chi connectivity index (χ2n) is 4.77. The van der Waals surface area contributed by atoms with Crippen LogP contribution in [0.2, 0.25) is 0 Å². The average Bonchev–Trinajstić information content (AvgIpc) is 2.75. The lowest BCUT2D eigenvalue weighted by molar-refractivity contribution is -0.145. The SMILES string of the molecule is COC(=O)C1(Nc2ccc(OC)cc2)CCS(=O)(=O)C1. The zero-order valence-electron chi connectivity index (χ0n) is 11.4. The summed E-state index contributed by atoms with van der Waals surface area (Å²) in [6.07, 6.45) is 0.202. The quantitative estimate of drug-likeness (QED) is 0.830. The fourth-order valence-electron chi connectivity index (χ4n) is 2.31. The number of ether oxygens (including phenoxy) is 2. The molecule has 0 saturated carbocycles. The predicted octanol–water partition coefficient (Wildman–Crippen LogP) is 0.837. The summed E-state index contributed by atoms with van der Waals surface area (Å²) in [7, 11) is -0.418. The van der Waals surface area contributed by atoms with Crippen molar-refractivity contribution in [2.24, 2.45) is 0 Å². The van der Waals surface area contributed by atoms with Crippen LogP contribution >= 0.6 is 0 Å². The number of anilines is 1. The van der Waals surface area contributed by atoms with Gasteiger partial charge in [0, 0.05) is 5.69 Å². The van der Waals surface area contributed by atoms with Crippen LogP contribution in [0.1, 0.15) is 6.42 Å². The van der Waals surface area contributed by atoms with E-state index in [0.717, 1.165) is 0 Å². The number of rotatable bonds is 4. The van der Waals surface area contributed by atoms with E-state index in [1.54, 1.807) is 31.4 Å². The van der Waals surface area contributed by atoms with E-state index in [1.807, 2.05) is 0 Å². The van der Waals surface area contributed by atoms with Crippen LogP contribution in [-0.4, -0.2) is 45.7 Å². The molecule has 1 unspecified atom stereocenters. The number of esters is 1. The second-order valence-corrected chi connectivity index (χ2v) is 6.95. The Morgan fingerprint density at radius 1 is 1.25 bits per heavy atom. The Morgan fingerprint density at radius 3 is 2.35 bits per heavy atom. The Morgan fingerprint density at radius 2 is 1.90 bits per heavy atom. The minimum atomic E-state index is -3.23. The lowest BCUT2D eigenvalue weighted by atomic mass is 9.98. The van der Waals surface area contributed by atoms with Gasteiger partial charge in [0.05, 0.1) is 25.7 Å². The van der Waals surface area contributed by atoms with Gasteiger partial charge in [-0.2, -0.15) is 0 Å². The van der Waals surface area contributed by atoms with Gasteiger partial charge in [0.25, 0.3) is 0 Å². The van der Waals surface area contributed by atoms with Crippen LogP contribution < -0.4 is 10.1 Å². The topological polar surface area (TPSA) is 81.7 Å². The molecule has 0 aromatic heterocycles. The maximum atomic E-state index is 12.0. The van der Waals surface area contributed by atoms with Crippen LogP contribution in [0.25, 0.3) is 0 Å². The van der Waals surface area contributed by atoms with E-state index in [-0.39, 0.29) is 17.9 Å². The summed E-state index contributed by atoms with van der Waals surface area (Å²) in [4.78, 5) is 12.0. The summed E-state index contributed by atoms with van der Waals surface area (Å²) in [5, 5.41) is 3.00.